The standard InChI is InChI=1S/C9H14N2/c1-8(9-4-5-9)10-11-6-2-3-7-11/h2-3,6-10H,4-5H2,1H3. The van der Waals surface area contributed by atoms with Crippen molar-refractivity contribution in [3.05, 3.63) is 24.5 Å². The first kappa shape index (κ1) is 6.77. The number of nitrogens with zero attached hydrogens (tertiary/aromatic N) is 1. The smallest absolute Gasteiger partial charge is 0.0424 e. The molecule has 2 heteroatoms. The fourth-order valence-corrected chi connectivity index (χ4v) is 1.36. The molecule has 0 aliphatic heterocycles. The number of hydrogen-bond donors (Lipinski definition) is 1. The molecule has 0 aromatic carbocycles. The molecule has 1 heterocycles. The summed E-state index contributed by atoms with van der Waals surface area (Å²) in [6.45, 7) is 2.25. The van der Waals surface area contributed by atoms with Gasteiger partial charge < -0.3 is 5.43 Å². The predicted molar refractivity (Wildman–Crippen MR) is 46.0 cm³/mol. The van der Waals surface area contributed by atoms with Crippen LogP contribution in [0.1, 0.15) is 19.8 Å². The van der Waals surface area contributed by atoms with Crippen molar-refractivity contribution in [1.82, 2.24) is 4.68 Å². The Hall–Kier alpha value is -0.920. The average Bonchev–Trinajstić information content (AvgIpc) is 2.73. The Labute approximate surface area is 67.2 Å². The van der Waals surface area contributed by atoms with Gasteiger partial charge in [0.15, 0.2) is 0 Å². The van der Waals surface area contributed by atoms with Crippen LogP contribution >= 0.6 is 0 Å². The molecule has 1 aliphatic carbocycles. The van der Waals surface area contributed by atoms with Gasteiger partial charge in [-0.2, -0.15) is 0 Å². The maximum absolute atomic E-state index is 3.40. The Kier molecular flexibility index (Phi) is 1.60. The van der Waals surface area contributed by atoms with Crippen molar-refractivity contribution in [3.8, 4) is 0 Å². The van der Waals surface area contributed by atoms with E-state index in [0.717, 1.165) is 5.92 Å². The molecule has 1 aromatic rings. The summed E-state index contributed by atoms with van der Waals surface area (Å²) in [6.07, 6.45) is 6.88. The lowest BCUT2D eigenvalue weighted by molar-refractivity contribution is 0.618. The zero-order valence-corrected chi connectivity index (χ0v) is 6.83. The second-order valence-electron chi connectivity index (χ2n) is 3.35. The van der Waals surface area contributed by atoms with Crippen LogP contribution in [0.5, 0.6) is 0 Å². The van der Waals surface area contributed by atoms with Crippen molar-refractivity contribution in [2.75, 3.05) is 5.43 Å². The van der Waals surface area contributed by atoms with Gasteiger partial charge in [-0.3, -0.25) is 4.68 Å². The molecule has 0 saturated heterocycles. The maximum atomic E-state index is 3.40. The van der Waals surface area contributed by atoms with Crippen molar-refractivity contribution in [1.29, 1.82) is 0 Å². The molecule has 1 aromatic heterocycles. The molecule has 1 saturated carbocycles. The summed E-state index contributed by atoms with van der Waals surface area (Å²) >= 11 is 0. The lowest BCUT2D eigenvalue weighted by Crippen LogP contribution is -2.25. The summed E-state index contributed by atoms with van der Waals surface area (Å²) < 4.78 is 2.03. The Balaban J connectivity index is 1.89. The van der Waals surface area contributed by atoms with Crippen LogP contribution in [0.25, 0.3) is 0 Å². The lowest BCUT2D eigenvalue weighted by atomic mass is 10.2. The highest BCUT2D eigenvalue weighted by Crippen LogP contribution is 2.32. The maximum Gasteiger partial charge on any atom is 0.0424 e. The number of rotatable bonds is 3. The van der Waals surface area contributed by atoms with E-state index >= 15 is 0 Å². The molecule has 2 nitrogen and oxygen atoms in total. The van der Waals surface area contributed by atoms with Gasteiger partial charge in [-0.25, -0.2) is 0 Å². The molecule has 0 radical (unpaired) electrons. The summed E-state index contributed by atoms with van der Waals surface area (Å²) in [5, 5.41) is 0. The van der Waals surface area contributed by atoms with E-state index in [-0.39, 0.29) is 0 Å². The van der Waals surface area contributed by atoms with Crippen LogP contribution in [-0.2, 0) is 0 Å². The number of nitrogens with one attached hydrogen (secondary N) is 1. The molecule has 60 valence electrons. The minimum absolute atomic E-state index is 0.627. The summed E-state index contributed by atoms with van der Waals surface area (Å²) in [7, 11) is 0. The van der Waals surface area contributed by atoms with Crippen LogP contribution in [0, 0.1) is 5.92 Å². The van der Waals surface area contributed by atoms with E-state index in [9.17, 15) is 0 Å². The molecule has 11 heavy (non-hydrogen) atoms. The van der Waals surface area contributed by atoms with Gasteiger partial charge in [0.05, 0.1) is 0 Å². The second-order valence-corrected chi connectivity index (χ2v) is 3.35. The van der Waals surface area contributed by atoms with E-state index in [1.54, 1.807) is 0 Å². The number of aromatic nitrogens is 1. The molecule has 0 spiro atoms. The third-order valence-corrected chi connectivity index (χ3v) is 2.29. The van der Waals surface area contributed by atoms with Gasteiger partial charge in [0.25, 0.3) is 0 Å². The topological polar surface area (TPSA) is 17.0 Å². The molecule has 1 unspecified atom stereocenters. The van der Waals surface area contributed by atoms with Crippen LogP contribution in [0.3, 0.4) is 0 Å². The summed E-state index contributed by atoms with van der Waals surface area (Å²) in [5.74, 6) is 0.914. The minimum Gasteiger partial charge on any atom is -0.323 e. The van der Waals surface area contributed by atoms with Crippen molar-refractivity contribution >= 4 is 0 Å². The highest BCUT2D eigenvalue weighted by molar-refractivity contribution is 4.97. The van der Waals surface area contributed by atoms with Gasteiger partial charge in [0.2, 0.25) is 0 Å². The molecular weight excluding hydrogens is 136 g/mol. The fraction of sp³-hybridized carbons (Fsp3) is 0.556. The zero-order chi connectivity index (χ0) is 7.68. The molecule has 1 fully saturated rings. The predicted octanol–water partition coefficient (Wildman–Crippen LogP) is 1.83. The van der Waals surface area contributed by atoms with E-state index in [2.05, 4.69) is 12.3 Å². The van der Waals surface area contributed by atoms with Crippen molar-refractivity contribution in [2.24, 2.45) is 5.92 Å². The van der Waals surface area contributed by atoms with Crippen LogP contribution in [0.2, 0.25) is 0 Å². The highest BCUT2D eigenvalue weighted by Gasteiger charge is 2.27. The Morgan fingerprint density at radius 1 is 1.36 bits per heavy atom. The van der Waals surface area contributed by atoms with Crippen LogP contribution < -0.4 is 5.43 Å². The van der Waals surface area contributed by atoms with Gasteiger partial charge in [0, 0.05) is 18.4 Å². The van der Waals surface area contributed by atoms with Gasteiger partial charge in [-0.05, 0) is 37.8 Å². The number of hydrogen-bond acceptors (Lipinski definition) is 1. The van der Waals surface area contributed by atoms with Crippen molar-refractivity contribution < 1.29 is 0 Å². The molecule has 0 bridgehead atoms. The Morgan fingerprint density at radius 3 is 2.55 bits per heavy atom. The van der Waals surface area contributed by atoms with Gasteiger partial charge in [0.1, 0.15) is 0 Å². The third-order valence-electron chi connectivity index (χ3n) is 2.29. The highest BCUT2D eigenvalue weighted by atomic mass is 15.4. The van der Waals surface area contributed by atoms with E-state index in [1.165, 1.54) is 12.8 Å². The molecular formula is C9H14N2. The molecule has 0 amide bonds. The Bertz CT molecular complexity index is 211. The first-order valence-electron chi connectivity index (χ1n) is 4.26. The molecule has 2 rings (SSSR count). The minimum atomic E-state index is 0.627. The zero-order valence-electron chi connectivity index (χ0n) is 6.83. The third kappa shape index (κ3) is 1.56. The fourth-order valence-electron chi connectivity index (χ4n) is 1.36. The van der Waals surface area contributed by atoms with E-state index < -0.39 is 0 Å². The van der Waals surface area contributed by atoms with Gasteiger partial charge in [-0.15, -0.1) is 0 Å². The SMILES string of the molecule is CC(Nn1cccc1)C1CC1. The van der Waals surface area contributed by atoms with E-state index in [0.29, 0.717) is 6.04 Å². The summed E-state index contributed by atoms with van der Waals surface area (Å²) in [5.41, 5.74) is 3.40. The second kappa shape index (κ2) is 2.61. The summed E-state index contributed by atoms with van der Waals surface area (Å²) in [6, 6.07) is 4.70. The largest absolute Gasteiger partial charge is 0.323 e. The molecule has 1 aliphatic rings. The van der Waals surface area contributed by atoms with Gasteiger partial charge >= 0.3 is 0 Å². The van der Waals surface area contributed by atoms with Crippen molar-refractivity contribution in [3.63, 3.8) is 0 Å². The quantitative estimate of drug-likeness (QED) is 0.695. The van der Waals surface area contributed by atoms with E-state index in [1.807, 2.05) is 29.2 Å². The van der Waals surface area contributed by atoms with Crippen LogP contribution in [0.15, 0.2) is 24.5 Å². The first-order valence-corrected chi connectivity index (χ1v) is 4.26. The van der Waals surface area contributed by atoms with Gasteiger partial charge in [-0.1, -0.05) is 0 Å². The van der Waals surface area contributed by atoms with Crippen molar-refractivity contribution in [2.45, 2.75) is 25.8 Å². The first-order chi connectivity index (χ1) is 5.36. The summed E-state index contributed by atoms with van der Waals surface area (Å²) in [4.78, 5) is 0. The van der Waals surface area contributed by atoms with Crippen LogP contribution in [0.4, 0.5) is 0 Å². The Morgan fingerprint density at radius 2 is 2.00 bits per heavy atom. The molecule has 1 atom stereocenters. The average molecular weight is 150 g/mol. The lowest BCUT2D eigenvalue weighted by Gasteiger charge is -2.14. The molecule has 1 N–H and O–H groups in total. The van der Waals surface area contributed by atoms with E-state index in [4.69, 9.17) is 0 Å². The van der Waals surface area contributed by atoms with Crippen LogP contribution in [-0.4, -0.2) is 10.7 Å². The monoisotopic (exact) mass is 150 g/mol. The normalized spacial score (nSPS) is 19.7.